The van der Waals surface area contributed by atoms with Gasteiger partial charge in [-0.15, -0.1) is 0 Å². The highest BCUT2D eigenvalue weighted by Gasteiger charge is 2.17. The van der Waals surface area contributed by atoms with Gasteiger partial charge in [0.2, 0.25) is 0 Å². The summed E-state index contributed by atoms with van der Waals surface area (Å²) in [7, 11) is 2.28. The lowest BCUT2D eigenvalue weighted by molar-refractivity contribution is 0.205. The summed E-state index contributed by atoms with van der Waals surface area (Å²) in [5.41, 5.74) is 4.73. The molecule has 104 valence electrons. The largest absolute Gasteiger partial charge is 0.315 e. The van der Waals surface area contributed by atoms with Gasteiger partial charge < -0.3 is 10.2 Å². The third kappa shape index (κ3) is 3.18. The molecule has 1 aliphatic heterocycles. The zero-order valence-electron chi connectivity index (χ0n) is 12.1. The van der Waals surface area contributed by atoms with Gasteiger partial charge in [-0.1, -0.05) is 18.2 Å². The molecule has 1 fully saturated rings. The molecule has 2 heteroatoms. The van der Waals surface area contributed by atoms with Crippen LogP contribution in [0.3, 0.4) is 0 Å². The lowest BCUT2D eigenvalue weighted by atomic mass is 10.0. The second kappa shape index (κ2) is 6.06. The van der Waals surface area contributed by atoms with Crippen molar-refractivity contribution < 1.29 is 0 Å². The van der Waals surface area contributed by atoms with Crippen LogP contribution in [0.5, 0.6) is 0 Å². The number of aryl methyl sites for hydroxylation is 2. The van der Waals surface area contributed by atoms with Crippen molar-refractivity contribution in [2.75, 3.05) is 26.7 Å². The van der Waals surface area contributed by atoms with Crippen molar-refractivity contribution in [1.29, 1.82) is 0 Å². The van der Waals surface area contributed by atoms with Gasteiger partial charge >= 0.3 is 0 Å². The van der Waals surface area contributed by atoms with Crippen molar-refractivity contribution in [2.24, 2.45) is 0 Å². The number of hydrogen-bond acceptors (Lipinski definition) is 2. The molecule has 1 atom stereocenters. The fraction of sp³-hybridized carbons (Fsp3) is 0.647. The molecule has 1 heterocycles. The van der Waals surface area contributed by atoms with Crippen LogP contribution in [0.4, 0.5) is 0 Å². The molecule has 0 saturated carbocycles. The molecule has 1 aliphatic carbocycles. The van der Waals surface area contributed by atoms with Gasteiger partial charge in [0.05, 0.1) is 0 Å². The Hall–Kier alpha value is -0.860. The van der Waals surface area contributed by atoms with E-state index < -0.39 is 0 Å². The van der Waals surface area contributed by atoms with Gasteiger partial charge in [0.25, 0.3) is 0 Å². The predicted octanol–water partition coefficient (Wildman–Crippen LogP) is 2.40. The number of nitrogens with zero attached hydrogens (tertiary/aromatic N) is 1. The van der Waals surface area contributed by atoms with Gasteiger partial charge in [0.15, 0.2) is 0 Å². The van der Waals surface area contributed by atoms with Crippen LogP contribution in [-0.2, 0) is 19.3 Å². The van der Waals surface area contributed by atoms with E-state index >= 15 is 0 Å². The van der Waals surface area contributed by atoms with E-state index in [0.717, 1.165) is 6.04 Å². The van der Waals surface area contributed by atoms with Gasteiger partial charge in [-0.2, -0.15) is 0 Å². The fourth-order valence-corrected chi connectivity index (χ4v) is 3.48. The Labute approximate surface area is 117 Å². The van der Waals surface area contributed by atoms with Crippen molar-refractivity contribution in [3.8, 4) is 0 Å². The first kappa shape index (κ1) is 13.1. The first-order chi connectivity index (χ1) is 9.33. The number of hydrogen-bond donors (Lipinski definition) is 1. The molecule has 1 aromatic carbocycles. The molecule has 2 nitrogen and oxygen atoms in total. The minimum atomic E-state index is 0.739. The Morgan fingerprint density at radius 1 is 1.21 bits per heavy atom. The van der Waals surface area contributed by atoms with Crippen LogP contribution in [-0.4, -0.2) is 37.6 Å². The standard InChI is InChI=1S/C17H26N2/c1-19(17-6-3-10-18-13-17)11-9-14-7-8-15-4-2-5-16(15)12-14/h7-8,12,17-18H,2-6,9-11,13H2,1H3. The monoisotopic (exact) mass is 258 g/mol. The summed E-state index contributed by atoms with van der Waals surface area (Å²) in [6.45, 7) is 3.56. The Morgan fingerprint density at radius 3 is 2.95 bits per heavy atom. The maximum atomic E-state index is 3.51. The summed E-state index contributed by atoms with van der Waals surface area (Å²) in [6.07, 6.45) is 7.82. The number of likely N-dealkylation sites (N-methyl/N-ethyl adjacent to an activating group) is 1. The molecule has 0 amide bonds. The zero-order chi connectivity index (χ0) is 13.1. The van der Waals surface area contributed by atoms with Gasteiger partial charge in [0.1, 0.15) is 0 Å². The number of benzene rings is 1. The molecule has 0 radical (unpaired) electrons. The lowest BCUT2D eigenvalue weighted by Gasteiger charge is -2.31. The Kier molecular flexibility index (Phi) is 4.19. The van der Waals surface area contributed by atoms with Crippen molar-refractivity contribution in [2.45, 2.75) is 44.6 Å². The smallest absolute Gasteiger partial charge is 0.0218 e. The Bertz CT molecular complexity index is 421. The summed E-state index contributed by atoms with van der Waals surface area (Å²) in [4.78, 5) is 2.54. The maximum absolute atomic E-state index is 3.51. The number of fused-ring (bicyclic) bond motifs is 1. The molecule has 3 rings (SSSR count). The number of nitrogens with one attached hydrogen (secondary N) is 1. The minimum absolute atomic E-state index is 0.739. The van der Waals surface area contributed by atoms with Gasteiger partial charge in [-0.25, -0.2) is 0 Å². The first-order valence-electron chi connectivity index (χ1n) is 7.84. The van der Waals surface area contributed by atoms with E-state index in [2.05, 4.69) is 35.5 Å². The number of rotatable bonds is 4. The summed E-state index contributed by atoms with van der Waals surface area (Å²) in [5.74, 6) is 0. The average Bonchev–Trinajstić information content (AvgIpc) is 2.93. The topological polar surface area (TPSA) is 15.3 Å². The molecule has 1 aromatic rings. The van der Waals surface area contributed by atoms with Crippen LogP contribution < -0.4 is 5.32 Å². The summed E-state index contributed by atoms with van der Waals surface area (Å²) in [6, 6.07) is 7.90. The van der Waals surface area contributed by atoms with Gasteiger partial charge in [-0.05, 0) is 68.8 Å². The van der Waals surface area contributed by atoms with E-state index in [-0.39, 0.29) is 0 Å². The normalized spacial score (nSPS) is 22.7. The highest BCUT2D eigenvalue weighted by atomic mass is 15.2. The van der Waals surface area contributed by atoms with Crippen molar-refractivity contribution in [1.82, 2.24) is 10.2 Å². The second-order valence-corrected chi connectivity index (χ2v) is 6.19. The van der Waals surface area contributed by atoms with Crippen molar-refractivity contribution >= 4 is 0 Å². The molecule has 1 N–H and O–H groups in total. The molecule has 0 aromatic heterocycles. The van der Waals surface area contributed by atoms with Crippen LogP contribution >= 0.6 is 0 Å². The van der Waals surface area contributed by atoms with Gasteiger partial charge in [-0.3, -0.25) is 0 Å². The maximum Gasteiger partial charge on any atom is 0.0218 e. The van der Waals surface area contributed by atoms with E-state index in [1.165, 1.54) is 63.7 Å². The van der Waals surface area contributed by atoms with Crippen molar-refractivity contribution in [3.05, 3.63) is 34.9 Å². The summed E-state index contributed by atoms with van der Waals surface area (Å²) in [5, 5.41) is 3.51. The molecular formula is C17H26N2. The van der Waals surface area contributed by atoms with Crippen LogP contribution in [0.2, 0.25) is 0 Å². The zero-order valence-corrected chi connectivity index (χ0v) is 12.1. The highest BCUT2D eigenvalue weighted by Crippen LogP contribution is 2.23. The molecule has 1 unspecified atom stereocenters. The average molecular weight is 258 g/mol. The Balaban J connectivity index is 1.53. The number of piperidine rings is 1. The van der Waals surface area contributed by atoms with Crippen molar-refractivity contribution in [3.63, 3.8) is 0 Å². The van der Waals surface area contributed by atoms with E-state index in [1.54, 1.807) is 11.1 Å². The van der Waals surface area contributed by atoms with Crippen LogP contribution in [0.1, 0.15) is 36.0 Å². The van der Waals surface area contributed by atoms with Gasteiger partial charge in [0, 0.05) is 19.1 Å². The highest BCUT2D eigenvalue weighted by molar-refractivity contribution is 5.35. The molecule has 19 heavy (non-hydrogen) atoms. The van der Waals surface area contributed by atoms with E-state index in [9.17, 15) is 0 Å². The molecule has 0 spiro atoms. The minimum Gasteiger partial charge on any atom is -0.315 e. The lowest BCUT2D eigenvalue weighted by Crippen LogP contribution is -2.44. The molecule has 2 aliphatic rings. The predicted molar refractivity (Wildman–Crippen MR) is 80.7 cm³/mol. The third-order valence-corrected chi connectivity index (χ3v) is 4.81. The molecule has 0 bridgehead atoms. The van der Waals surface area contributed by atoms with E-state index in [4.69, 9.17) is 0 Å². The fourth-order valence-electron chi connectivity index (χ4n) is 3.48. The SMILES string of the molecule is CN(CCc1ccc2c(c1)CCC2)C1CCCNC1. The van der Waals surface area contributed by atoms with E-state index in [0.29, 0.717) is 0 Å². The second-order valence-electron chi connectivity index (χ2n) is 6.19. The summed E-state index contributed by atoms with van der Waals surface area (Å²) < 4.78 is 0. The quantitative estimate of drug-likeness (QED) is 0.892. The molecule has 1 saturated heterocycles. The summed E-state index contributed by atoms with van der Waals surface area (Å²) >= 11 is 0. The third-order valence-electron chi connectivity index (χ3n) is 4.81. The first-order valence-corrected chi connectivity index (χ1v) is 7.84. The van der Waals surface area contributed by atoms with Crippen LogP contribution in [0.25, 0.3) is 0 Å². The van der Waals surface area contributed by atoms with Crippen LogP contribution in [0.15, 0.2) is 18.2 Å². The Morgan fingerprint density at radius 2 is 2.11 bits per heavy atom. The van der Waals surface area contributed by atoms with Crippen LogP contribution in [0, 0.1) is 0 Å². The molecular weight excluding hydrogens is 232 g/mol. The van der Waals surface area contributed by atoms with E-state index in [1.807, 2.05) is 0 Å².